The Kier molecular flexibility index (Phi) is 1.65. The van der Waals surface area contributed by atoms with Crippen molar-refractivity contribution >= 4 is 0 Å². The molecule has 0 radical (unpaired) electrons. The van der Waals surface area contributed by atoms with E-state index < -0.39 is 12.3 Å². The van der Waals surface area contributed by atoms with Crippen LogP contribution in [0.4, 0.5) is 4.39 Å². The molecule has 2 aliphatic rings. The number of hydrogen-bond donors (Lipinski definition) is 1. The second kappa shape index (κ2) is 2.42. The van der Waals surface area contributed by atoms with E-state index in [9.17, 15) is 9.50 Å². The quantitative estimate of drug-likeness (QED) is 0.548. The molecule has 2 fully saturated rings. The Morgan fingerprint density at radius 1 is 1.45 bits per heavy atom. The number of likely N-dealkylation sites (tertiary alicyclic amines) is 1. The Bertz CT molecular complexity index is 164. The summed E-state index contributed by atoms with van der Waals surface area (Å²) >= 11 is 0. The number of rotatable bonds is 0. The maximum Gasteiger partial charge on any atom is 0.127 e. The van der Waals surface area contributed by atoms with E-state index in [1.165, 1.54) is 0 Å². The largest absolute Gasteiger partial charge is 0.390 e. The van der Waals surface area contributed by atoms with Gasteiger partial charge < -0.3 is 10.0 Å². The van der Waals surface area contributed by atoms with Gasteiger partial charge in [-0.1, -0.05) is 0 Å². The fraction of sp³-hybridized carbons (Fsp3) is 1.00. The molecule has 2 nitrogen and oxygen atoms in total. The molecule has 0 unspecified atom stereocenters. The third kappa shape index (κ3) is 1.07. The van der Waals surface area contributed by atoms with Crippen molar-refractivity contribution < 1.29 is 9.50 Å². The molecule has 1 saturated heterocycles. The van der Waals surface area contributed by atoms with Crippen LogP contribution in [0, 0.1) is 11.8 Å². The average Bonchev–Trinajstić information content (AvgIpc) is 2.37. The summed E-state index contributed by atoms with van der Waals surface area (Å²) in [6.07, 6.45) is -1.08. The zero-order chi connectivity index (χ0) is 8.01. The lowest BCUT2D eigenvalue weighted by molar-refractivity contribution is 0.0656. The number of alkyl halides is 1. The van der Waals surface area contributed by atoms with E-state index in [1.54, 1.807) is 0 Å². The molecule has 1 aliphatic carbocycles. The van der Waals surface area contributed by atoms with Crippen LogP contribution < -0.4 is 0 Å². The number of fused-ring (bicyclic) bond motifs is 1. The molecule has 4 atom stereocenters. The summed E-state index contributed by atoms with van der Waals surface area (Å²) in [5.41, 5.74) is 0. The molecule has 1 N–H and O–H groups in total. The van der Waals surface area contributed by atoms with E-state index in [0.717, 1.165) is 13.1 Å². The maximum absolute atomic E-state index is 12.9. The Hall–Kier alpha value is -0.150. The van der Waals surface area contributed by atoms with E-state index in [1.807, 2.05) is 7.05 Å². The Morgan fingerprint density at radius 3 is 2.82 bits per heavy atom. The van der Waals surface area contributed by atoms with Crippen molar-refractivity contribution in [1.82, 2.24) is 4.90 Å². The zero-order valence-corrected chi connectivity index (χ0v) is 6.70. The summed E-state index contributed by atoms with van der Waals surface area (Å²) < 4.78 is 12.9. The Morgan fingerprint density at radius 2 is 2.18 bits per heavy atom. The minimum absolute atomic E-state index is 0.204. The third-order valence-corrected chi connectivity index (χ3v) is 3.01. The molecule has 1 saturated carbocycles. The van der Waals surface area contributed by atoms with Crippen LogP contribution in [-0.2, 0) is 0 Å². The van der Waals surface area contributed by atoms with Crippen LogP contribution in [-0.4, -0.2) is 42.4 Å². The Balaban J connectivity index is 2.07. The second-order valence-corrected chi connectivity index (χ2v) is 3.89. The number of aliphatic hydroxyl groups excluding tert-OH is 1. The lowest BCUT2D eigenvalue weighted by atomic mass is 10.00. The van der Waals surface area contributed by atoms with Gasteiger partial charge in [-0.2, -0.15) is 0 Å². The first kappa shape index (κ1) is 7.50. The van der Waals surface area contributed by atoms with Gasteiger partial charge in [-0.3, -0.25) is 0 Å². The van der Waals surface area contributed by atoms with Crippen molar-refractivity contribution in [2.45, 2.75) is 18.7 Å². The SMILES string of the molecule is CN1C[C@@H]2C[C@@H](F)[C@@H](O)[C@@H]2C1. The van der Waals surface area contributed by atoms with Crippen LogP contribution in [0.2, 0.25) is 0 Å². The molecule has 3 heteroatoms. The van der Waals surface area contributed by atoms with E-state index in [0.29, 0.717) is 12.3 Å². The molecular weight excluding hydrogens is 145 g/mol. The van der Waals surface area contributed by atoms with Crippen molar-refractivity contribution in [3.8, 4) is 0 Å². The monoisotopic (exact) mass is 159 g/mol. The fourth-order valence-electron chi connectivity index (χ4n) is 2.45. The molecular formula is C8H14FNO. The lowest BCUT2D eigenvalue weighted by Gasteiger charge is -2.14. The molecule has 0 amide bonds. The van der Waals surface area contributed by atoms with Gasteiger partial charge in [-0.25, -0.2) is 4.39 Å². The first-order chi connectivity index (χ1) is 5.18. The molecule has 11 heavy (non-hydrogen) atoms. The van der Waals surface area contributed by atoms with E-state index in [-0.39, 0.29) is 5.92 Å². The summed E-state index contributed by atoms with van der Waals surface area (Å²) in [6, 6.07) is 0. The van der Waals surface area contributed by atoms with Crippen molar-refractivity contribution in [3.63, 3.8) is 0 Å². The zero-order valence-electron chi connectivity index (χ0n) is 6.70. The van der Waals surface area contributed by atoms with Crippen molar-refractivity contribution in [2.75, 3.05) is 20.1 Å². The highest BCUT2D eigenvalue weighted by Gasteiger charge is 2.46. The Labute approximate surface area is 66.0 Å². The summed E-state index contributed by atoms with van der Waals surface area (Å²) in [7, 11) is 2.03. The molecule has 1 heterocycles. The molecule has 0 aromatic heterocycles. The molecule has 0 aromatic carbocycles. The predicted octanol–water partition coefficient (Wildman–Crippen LogP) is 0.267. The van der Waals surface area contributed by atoms with E-state index >= 15 is 0 Å². The molecule has 1 aliphatic heterocycles. The molecule has 0 aromatic rings. The van der Waals surface area contributed by atoms with Gasteiger partial charge in [-0.05, 0) is 19.4 Å². The van der Waals surface area contributed by atoms with Crippen LogP contribution >= 0.6 is 0 Å². The first-order valence-corrected chi connectivity index (χ1v) is 4.19. The van der Waals surface area contributed by atoms with E-state index in [2.05, 4.69) is 4.90 Å². The van der Waals surface area contributed by atoms with Gasteiger partial charge in [0.15, 0.2) is 0 Å². The van der Waals surface area contributed by atoms with Crippen LogP contribution in [0.3, 0.4) is 0 Å². The van der Waals surface area contributed by atoms with Crippen LogP contribution in [0.5, 0.6) is 0 Å². The number of aliphatic hydroxyl groups is 1. The number of halogens is 1. The van der Waals surface area contributed by atoms with Crippen LogP contribution in [0.15, 0.2) is 0 Å². The summed E-state index contributed by atoms with van der Waals surface area (Å²) in [5, 5.41) is 9.38. The highest BCUT2D eigenvalue weighted by atomic mass is 19.1. The molecule has 2 rings (SSSR count). The van der Waals surface area contributed by atoms with E-state index in [4.69, 9.17) is 0 Å². The van der Waals surface area contributed by atoms with Gasteiger partial charge in [0, 0.05) is 19.0 Å². The normalized spacial score (nSPS) is 51.5. The molecule has 64 valence electrons. The molecule has 0 spiro atoms. The summed E-state index contributed by atoms with van der Waals surface area (Å²) in [4.78, 5) is 2.17. The van der Waals surface area contributed by atoms with Crippen LogP contribution in [0.1, 0.15) is 6.42 Å². The van der Waals surface area contributed by atoms with Crippen molar-refractivity contribution in [3.05, 3.63) is 0 Å². The fourth-order valence-corrected chi connectivity index (χ4v) is 2.45. The van der Waals surface area contributed by atoms with Crippen molar-refractivity contribution in [1.29, 1.82) is 0 Å². The highest BCUT2D eigenvalue weighted by Crippen LogP contribution is 2.38. The second-order valence-electron chi connectivity index (χ2n) is 3.89. The molecule has 0 bridgehead atoms. The van der Waals surface area contributed by atoms with Gasteiger partial charge in [0.25, 0.3) is 0 Å². The standard InChI is InChI=1S/C8H14FNO/c1-10-3-5-2-7(9)8(11)6(5)4-10/h5-8,11H,2-4H2,1H3/t5-,6+,7+,8-/m0/s1. The minimum atomic E-state index is -0.960. The topological polar surface area (TPSA) is 23.5 Å². The summed E-state index contributed by atoms with van der Waals surface area (Å²) in [6.45, 7) is 1.83. The number of hydrogen-bond acceptors (Lipinski definition) is 2. The predicted molar refractivity (Wildman–Crippen MR) is 40.0 cm³/mol. The van der Waals surface area contributed by atoms with Gasteiger partial charge in [0.1, 0.15) is 6.17 Å². The lowest BCUT2D eigenvalue weighted by Crippen LogP contribution is -2.27. The van der Waals surface area contributed by atoms with Crippen molar-refractivity contribution in [2.24, 2.45) is 11.8 Å². The first-order valence-electron chi connectivity index (χ1n) is 4.19. The third-order valence-electron chi connectivity index (χ3n) is 3.01. The van der Waals surface area contributed by atoms with Gasteiger partial charge in [0.2, 0.25) is 0 Å². The smallest absolute Gasteiger partial charge is 0.127 e. The average molecular weight is 159 g/mol. The highest BCUT2D eigenvalue weighted by molar-refractivity contribution is 4.97. The maximum atomic E-state index is 12.9. The summed E-state index contributed by atoms with van der Waals surface area (Å²) in [5.74, 6) is 0.611. The minimum Gasteiger partial charge on any atom is -0.390 e. The van der Waals surface area contributed by atoms with Crippen LogP contribution in [0.25, 0.3) is 0 Å². The van der Waals surface area contributed by atoms with Gasteiger partial charge >= 0.3 is 0 Å². The van der Waals surface area contributed by atoms with Gasteiger partial charge in [0.05, 0.1) is 6.10 Å². The van der Waals surface area contributed by atoms with Gasteiger partial charge in [-0.15, -0.1) is 0 Å². The number of nitrogens with zero attached hydrogens (tertiary/aromatic N) is 1.